The third kappa shape index (κ3) is 2.69. The molecule has 1 amide bonds. The second-order valence-corrected chi connectivity index (χ2v) is 5.77. The minimum atomic E-state index is -0.428. The number of halogens is 1. The standard InChI is InChI=1S/C16H16FN3O3/c1-10(22-3)14(21)20-8-16(2,9-20)15-19-18-13(23-15)11-5-4-6-12(17)7-11/h4-7H,1,8-9H2,2-3H3. The number of methoxy groups -OCH3 is 1. The molecule has 3 rings (SSSR count). The molecule has 0 saturated carbocycles. The number of hydrogen-bond donors (Lipinski definition) is 0. The van der Waals surface area contributed by atoms with Gasteiger partial charge in [-0.15, -0.1) is 10.2 Å². The van der Waals surface area contributed by atoms with Crippen LogP contribution in [0.15, 0.2) is 41.0 Å². The highest BCUT2D eigenvalue weighted by Crippen LogP contribution is 2.35. The van der Waals surface area contributed by atoms with Gasteiger partial charge >= 0.3 is 0 Å². The fourth-order valence-electron chi connectivity index (χ4n) is 2.54. The summed E-state index contributed by atoms with van der Waals surface area (Å²) in [5, 5.41) is 8.01. The Hall–Kier alpha value is -2.70. The first-order valence-corrected chi connectivity index (χ1v) is 7.05. The smallest absolute Gasteiger partial charge is 0.288 e. The van der Waals surface area contributed by atoms with Crippen molar-refractivity contribution in [1.29, 1.82) is 0 Å². The molecule has 1 aliphatic heterocycles. The Balaban J connectivity index is 1.74. The van der Waals surface area contributed by atoms with Crippen molar-refractivity contribution in [2.24, 2.45) is 0 Å². The number of nitrogens with zero attached hydrogens (tertiary/aromatic N) is 3. The zero-order valence-electron chi connectivity index (χ0n) is 12.9. The molecule has 1 saturated heterocycles. The molecular formula is C16H16FN3O3. The van der Waals surface area contributed by atoms with Gasteiger partial charge in [0, 0.05) is 18.7 Å². The minimum Gasteiger partial charge on any atom is -0.492 e. The zero-order valence-corrected chi connectivity index (χ0v) is 12.9. The van der Waals surface area contributed by atoms with E-state index in [1.54, 1.807) is 17.0 Å². The van der Waals surface area contributed by atoms with Crippen molar-refractivity contribution in [2.45, 2.75) is 12.3 Å². The van der Waals surface area contributed by atoms with Gasteiger partial charge in [-0.1, -0.05) is 12.6 Å². The monoisotopic (exact) mass is 317 g/mol. The lowest BCUT2D eigenvalue weighted by atomic mass is 9.81. The third-order valence-corrected chi connectivity index (χ3v) is 3.86. The van der Waals surface area contributed by atoms with E-state index >= 15 is 0 Å². The summed E-state index contributed by atoms with van der Waals surface area (Å²) in [6, 6.07) is 5.96. The van der Waals surface area contributed by atoms with Crippen molar-refractivity contribution in [1.82, 2.24) is 15.1 Å². The molecule has 6 nitrogen and oxygen atoms in total. The second kappa shape index (κ2) is 5.49. The molecule has 0 spiro atoms. The Morgan fingerprint density at radius 1 is 1.43 bits per heavy atom. The lowest BCUT2D eigenvalue weighted by Gasteiger charge is -2.45. The van der Waals surface area contributed by atoms with Crippen LogP contribution >= 0.6 is 0 Å². The number of hydrogen-bond acceptors (Lipinski definition) is 5. The van der Waals surface area contributed by atoms with Gasteiger partial charge in [0.05, 0.1) is 12.5 Å². The fraction of sp³-hybridized carbons (Fsp3) is 0.312. The van der Waals surface area contributed by atoms with E-state index in [0.29, 0.717) is 24.5 Å². The van der Waals surface area contributed by atoms with Crippen LogP contribution in [0.25, 0.3) is 11.5 Å². The van der Waals surface area contributed by atoms with Crippen LogP contribution in [0, 0.1) is 5.82 Å². The zero-order chi connectivity index (χ0) is 16.6. The maximum Gasteiger partial charge on any atom is 0.288 e. The molecule has 1 aromatic heterocycles. The summed E-state index contributed by atoms with van der Waals surface area (Å²) in [7, 11) is 1.41. The SMILES string of the molecule is C=C(OC)C(=O)N1CC(C)(c2nnc(-c3cccc(F)c3)o2)C1. The lowest BCUT2D eigenvalue weighted by molar-refractivity contribution is -0.138. The average Bonchev–Trinajstić information content (AvgIpc) is 3.00. The van der Waals surface area contributed by atoms with E-state index in [0.717, 1.165) is 0 Å². The predicted molar refractivity (Wildman–Crippen MR) is 79.8 cm³/mol. The van der Waals surface area contributed by atoms with Crippen molar-refractivity contribution < 1.29 is 18.3 Å². The first-order chi connectivity index (χ1) is 10.9. The molecule has 2 heterocycles. The van der Waals surface area contributed by atoms with E-state index in [2.05, 4.69) is 16.8 Å². The molecule has 2 aromatic rings. The highest BCUT2D eigenvalue weighted by molar-refractivity contribution is 5.91. The molecule has 1 fully saturated rings. The molecule has 0 unspecified atom stereocenters. The van der Waals surface area contributed by atoms with Gasteiger partial charge in [0.15, 0.2) is 5.76 Å². The average molecular weight is 317 g/mol. The third-order valence-electron chi connectivity index (χ3n) is 3.86. The normalized spacial score (nSPS) is 15.9. The van der Waals surface area contributed by atoms with E-state index < -0.39 is 5.41 Å². The van der Waals surface area contributed by atoms with E-state index in [4.69, 9.17) is 9.15 Å². The number of likely N-dealkylation sites (tertiary alicyclic amines) is 1. The van der Waals surface area contributed by atoms with Crippen LogP contribution < -0.4 is 0 Å². The summed E-state index contributed by atoms with van der Waals surface area (Å²) in [5.41, 5.74) is 0.0924. The van der Waals surface area contributed by atoms with Crippen LogP contribution in [0.1, 0.15) is 12.8 Å². The van der Waals surface area contributed by atoms with Gasteiger partial charge in [0.1, 0.15) is 5.82 Å². The summed E-state index contributed by atoms with van der Waals surface area (Å²) < 4.78 is 23.8. The highest BCUT2D eigenvalue weighted by Gasteiger charge is 2.47. The quantitative estimate of drug-likeness (QED) is 0.638. The molecule has 0 aliphatic carbocycles. The molecule has 7 heteroatoms. The van der Waals surface area contributed by atoms with Crippen LogP contribution in [0.3, 0.4) is 0 Å². The number of benzene rings is 1. The topological polar surface area (TPSA) is 68.5 Å². The number of ether oxygens (including phenoxy) is 1. The Labute approximate surface area is 132 Å². The molecule has 0 radical (unpaired) electrons. The minimum absolute atomic E-state index is 0.0954. The molecule has 0 bridgehead atoms. The molecule has 0 atom stereocenters. The number of amides is 1. The molecule has 0 N–H and O–H groups in total. The van der Waals surface area contributed by atoms with Gasteiger partial charge in [-0.25, -0.2) is 4.39 Å². The van der Waals surface area contributed by atoms with Gasteiger partial charge in [-0.3, -0.25) is 4.79 Å². The van der Waals surface area contributed by atoms with Gasteiger partial charge < -0.3 is 14.1 Å². The largest absolute Gasteiger partial charge is 0.492 e. The number of aromatic nitrogens is 2. The summed E-state index contributed by atoms with van der Waals surface area (Å²) in [6.45, 7) is 6.33. The first kappa shape index (κ1) is 15.2. The van der Waals surface area contributed by atoms with Crippen molar-refractivity contribution in [3.05, 3.63) is 48.3 Å². The predicted octanol–water partition coefficient (Wildman–Crippen LogP) is 2.14. The molecule has 120 valence electrons. The molecule has 23 heavy (non-hydrogen) atoms. The molecule has 1 aromatic carbocycles. The lowest BCUT2D eigenvalue weighted by Crippen LogP contribution is -2.60. The van der Waals surface area contributed by atoms with Crippen molar-refractivity contribution in [3.63, 3.8) is 0 Å². The van der Waals surface area contributed by atoms with E-state index in [9.17, 15) is 9.18 Å². The Morgan fingerprint density at radius 3 is 2.83 bits per heavy atom. The Bertz CT molecular complexity index is 765. The number of rotatable bonds is 4. The maximum atomic E-state index is 13.3. The van der Waals surface area contributed by atoms with E-state index in [1.165, 1.54) is 19.2 Å². The Kier molecular flexibility index (Phi) is 3.63. The van der Waals surface area contributed by atoms with Crippen LogP contribution in [0.2, 0.25) is 0 Å². The van der Waals surface area contributed by atoms with E-state index in [-0.39, 0.29) is 23.4 Å². The molecular weight excluding hydrogens is 301 g/mol. The van der Waals surface area contributed by atoms with Crippen LogP contribution in [0.4, 0.5) is 4.39 Å². The summed E-state index contributed by atoms with van der Waals surface area (Å²) >= 11 is 0. The van der Waals surface area contributed by atoms with Gasteiger partial charge in [-0.05, 0) is 25.1 Å². The van der Waals surface area contributed by atoms with Gasteiger partial charge in [0.25, 0.3) is 5.91 Å². The van der Waals surface area contributed by atoms with Gasteiger partial charge in [0.2, 0.25) is 11.8 Å². The number of carbonyl (C=O) groups excluding carboxylic acids is 1. The fourth-order valence-corrected chi connectivity index (χ4v) is 2.54. The summed E-state index contributed by atoms with van der Waals surface area (Å²) in [5.74, 6) is 0.149. The van der Waals surface area contributed by atoms with Crippen LogP contribution in [-0.2, 0) is 14.9 Å². The van der Waals surface area contributed by atoms with Crippen molar-refractivity contribution in [2.75, 3.05) is 20.2 Å². The maximum absolute atomic E-state index is 13.3. The molecule has 1 aliphatic rings. The number of carbonyl (C=O) groups is 1. The summed E-state index contributed by atoms with van der Waals surface area (Å²) in [6.07, 6.45) is 0. The first-order valence-electron chi connectivity index (χ1n) is 7.05. The van der Waals surface area contributed by atoms with E-state index in [1.807, 2.05) is 6.92 Å². The Morgan fingerprint density at radius 2 is 2.17 bits per heavy atom. The summed E-state index contributed by atoms with van der Waals surface area (Å²) in [4.78, 5) is 13.5. The van der Waals surface area contributed by atoms with Crippen molar-refractivity contribution >= 4 is 5.91 Å². The second-order valence-electron chi connectivity index (χ2n) is 5.77. The van der Waals surface area contributed by atoms with Crippen LogP contribution in [-0.4, -0.2) is 41.2 Å². The van der Waals surface area contributed by atoms with Gasteiger partial charge in [-0.2, -0.15) is 0 Å². The van der Waals surface area contributed by atoms with Crippen LogP contribution in [0.5, 0.6) is 0 Å². The highest BCUT2D eigenvalue weighted by atomic mass is 19.1. The van der Waals surface area contributed by atoms with Crippen molar-refractivity contribution in [3.8, 4) is 11.5 Å².